The second-order valence-electron chi connectivity index (χ2n) is 5.09. The number of rotatable bonds is 4. The molecule has 0 bridgehead atoms. The van der Waals surface area contributed by atoms with Crippen molar-refractivity contribution < 1.29 is 19.1 Å². The van der Waals surface area contributed by atoms with E-state index in [0.29, 0.717) is 12.8 Å². The van der Waals surface area contributed by atoms with Crippen molar-refractivity contribution in [1.82, 2.24) is 5.32 Å². The smallest absolute Gasteiger partial charge is 0.319 e. The van der Waals surface area contributed by atoms with E-state index in [1.165, 1.54) is 12.1 Å². The van der Waals surface area contributed by atoms with E-state index in [4.69, 9.17) is 10.4 Å². The summed E-state index contributed by atoms with van der Waals surface area (Å²) in [5.74, 6) is -1.63. The first-order valence-electron chi connectivity index (χ1n) is 6.45. The summed E-state index contributed by atoms with van der Waals surface area (Å²) >= 11 is 0. The Labute approximate surface area is 120 Å². The topological polar surface area (TPSA) is 102 Å². The summed E-state index contributed by atoms with van der Waals surface area (Å²) in [5.41, 5.74) is -0.611. The molecule has 0 saturated heterocycles. The van der Waals surface area contributed by atoms with Crippen LogP contribution in [0.3, 0.4) is 0 Å². The van der Waals surface area contributed by atoms with Crippen molar-refractivity contribution in [3.63, 3.8) is 0 Å². The number of anilines is 1. The fourth-order valence-corrected chi connectivity index (χ4v) is 2.33. The normalized spacial score (nSPS) is 15.4. The van der Waals surface area contributed by atoms with Gasteiger partial charge < -0.3 is 15.7 Å². The molecule has 21 heavy (non-hydrogen) atoms. The molecule has 0 aliphatic heterocycles. The van der Waals surface area contributed by atoms with Gasteiger partial charge in [0.2, 0.25) is 0 Å². The van der Waals surface area contributed by atoms with Gasteiger partial charge in [-0.05, 0) is 37.5 Å². The quantitative estimate of drug-likeness (QED) is 0.791. The molecule has 1 aliphatic carbocycles. The fraction of sp³-hybridized carbons (Fsp3) is 0.357. The molecule has 0 heterocycles. The standard InChI is InChI=1S/C14H14FN3O3/c15-11-3-2-10(6-9(11)8-16)17-13(21)18-14(4-1-5-14)7-12(19)20/h2-3,6H,1,4-5,7H2,(H,19,20)(H2,17,18,21). The average Bonchev–Trinajstić information content (AvgIpc) is 2.37. The minimum atomic E-state index is -0.969. The highest BCUT2D eigenvalue weighted by Crippen LogP contribution is 2.35. The molecular weight excluding hydrogens is 277 g/mol. The Kier molecular flexibility index (Phi) is 4.08. The first-order chi connectivity index (χ1) is 9.94. The summed E-state index contributed by atoms with van der Waals surface area (Å²) in [5, 5.41) is 22.7. The van der Waals surface area contributed by atoms with Gasteiger partial charge in [0, 0.05) is 5.69 Å². The van der Waals surface area contributed by atoms with E-state index < -0.39 is 23.4 Å². The van der Waals surface area contributed by atoms with Crippen molar-refractivity contribution >= 4 is 17.7 Å². The van der Waals surface area contributed by atoms with E-state index in [-0.39, 0.29) is 17.7 Å². The monoisotopic (exact) mass is 291 g/mol. The number of carbonyl (C=O) groups is 2. The van der Waals surface area contributed by atoms with E-state index >= 15 is 0 Å². The Hall–Kier alpha value is -2.62. The zero-order chi connectivity index (χ0) is 15.5. The van der Waals surface area contributed by atoms with Crippen molar-refractivity contribution in [3.8, 4) is 6.07 Å². The van der Waals surface area contributed by atoms with Crippen LogP contribution in [0.5, 0.6) is 0 Å². The van der Waals surface area contributed by atoms with Crippen LogP contribution < -0.4 is 10.6 Å². The molecule has 0 spiro atoms. The van der Waals surface area contributed by atoms with E-state index in [2.05, 4.69) is 10.6 Å². The van der Waals surface area contributed by atoms with E-state index in [9.17, 15) is 14.0 Å². The maximum absolute atomic E-state index is 13.2. The molecular formula is C14H14FN3O3. The van der Waals surface area contributed by atoms with Crippen LogP contribution in [0.1, 0.15) is 31.2 Å². The average molecular weight is 291 g/mol. The second kappa shape index (κ2) is 5.79. The molecule has 6 nitrogen and oxygen atoms in total. The van der Waals surface area contributed by atoms with E-state index in [0.717, 1.165) is 12.5 Å². The highest BCUT2D eigenvalue weighted by molar-refractivity contribution is 5.90. The van der Waals surface area contributed by atoms with Gasteiger partial charge in [0.15, 0.2) is 0 Å². The van der Waals surface area contributed by atoms with Crippen LogP contribution in [0.15, 0.2) is 18.2 Å². The van der Waals surface area contributed by atoms with Gasteiger partial charge in [0.05, 0.1) is 17.5 Å². The summed E-state index contributed by atoms with van der Waals surface area (Å²) < 4.78 is 13.2. The summed E-state index contributed by atoms with van der Waals surface area (Å²) in [6.07, 6.45) is 1.95. The highest BCUT2D eigenvalue weighted by atomic mass is 19.1. The number of nitrogens with zero attached hydrogens (tertiary/aromatic N) is 1. The third-order valence-corrected chi connectivity index (χ3v) is 3.52. The Morgan fingerprint density at radius 2 is 2.14 bits per heavy atom. The first kappa shape index (κ1) is 14.8. The predicted octanol–water partition coefficient (Wildman–Crippen LogP) is 2.22. The van der Waals surface area contributed by atoms with Gasteiger partial charge in [-0.1, -0.05) is 0 Å². The predicted molar refractivity (Wildman–Crippen MR) is 72.1 cm³/mol. The second-order valence-corrected chi connectivity index (χ2v) is 5.09. The molecule has 1 aromatic carbocycles. The largest absolute Gasteiger partial charge is 0.481 e. The number of nitrogens with one attached hydrogen (secondary N) is 2. The van der Waals surface area contributed by atoms with Crippen LogP contribution in [-0.4, -0.2) is 22.6 Å². The van der Waals surface area contributed by atoms with Gasteiger partial charge in [-0.15, -0.1) is 0 Å². The number of benzene rings is 1. The molecule has 0 radical (unpaired) electrons. The summed E-state index contributed by atoms with van der Waals surface area (Å²) in [6, 6.07) is 4.76. The lowest BCUT2D eigenvalue weighted by atomic mass is 9.74. The highest BCUT2D eigenvalue weighted by Gasteiger charge is 2.40. The molecule has 0 aromatic heterocycles. The summed E-state index contributed by atoms with van der Waals surface area (Å²) in [4.78, 5) is 22.7. The lowest BCUT2D eigenvalue weighted by molar-refractivity contribution is -0.139. The van der Waals surface area contributed by atoms with Gasteiger partial charge in [0.25, 0.3) is 0 Å². The maximum atomic E-state index is 13.2. The maximum Gasteiger partial charge on any atom is 0.319 e. The third-order valence-electron chi connectivity index (χ3n) is 3.52. The first-order valence-corrected chi connectivity index (χ1v) is 6.45. The van der Waals surface area contributed by atoms with E-state index in [1.807, 2.05) is 0 Å². The number of amides is 2. The zero-order valence-electron chi connectivity index (χ0n) is 11.1. The lowest BCUT2D eigenvalue weighted by Gasteiger charge is -2.41. The number of carboxylic acids is 1. The van der Waals surface area contributed by atoms with Crippen molar-refractivity contribution in [3.05, 3.63) is 29.6 Å². The number of aliphatic carboxylic acids is 1. The van der Waals surface area contributed by atoms with Gasteiger partial charge in [-0.2, -0.15) is 5.26 Å². The van der Waals surface area contributed by atoms with Gasteiger partial charge >= 0.3 is 12.0 Å². The molecule has 3 N–H and O–H groups in total. The van der Waals surface area contributed by atoms with Crippen LogP contribution in [0.4, 0.5) is 14.9 Å². The molecule has 0 unspecified atom stereocenters. The molecule has 1 aromatic rings. The van der Waals surface area contributed by atoms with Gasteiger partial charge in [-0.3, -0.25) is 4.79 Å². The number of hydrogen-bond donors (Lipinski definition) is 3. The van der Waals surface area contributed by atoms with E-state index in [1.54, 1.807) is 6.07 Å². The van der Waals surface area contributed by atoms with Gasteiger partial charge in [0.1, 0.15) is 11.9 Å². The van der Waals surface area contributed by atoms with Gasteiger partial charge in [-0.25, -0.2) is 9.18 Å². The number of halogens is 1. The van der Waals surface area contributed by atoms with Crippen molar-refractivity contribution in [1.29, 1.82) is 5.26 Å². The number of urea groups is 1. The minimum Gasteiger partial charge on any atom is -0.481 e. The summed E-state index contributed by atoms with van der Waals surface area (Å²) in [6.45, 7) is 0. The fourth-order valence-electron chi connectivity index (χ4n) is 2.33. The Morgan fingerprint density at radius 3 is 2.67 bits per heavy atom. The SMILES string of the molecule is N#Cc1cc(NC(=O)NC2(CC(=O)O)CCC2)ccc1F. The number of carbonyl (C=O) groups excluding carboxylic acids is 1. The zero-order valence-corrected chi connectivity index (χ0v) is 11.1. The van der Waals surface area contributed by atoms with Crippen molar-refractivity contribution in [2.24, 2.45) is 0 Å². The molecule has 1 fully saturated rings. The summed E-state index contributed by atoms with van der Waals surface area (Å²) in [7, 11) is 0. The lowest BCUT2D eigenvalue weighted by Crippen LogP contribution is -2.55. The molecule has 1 saturated carbocycles. The van der Waals surface area contributed by atoms with Crippen LogP contribution >= 0.6 is 0 Å². The van der Waals surface area contributed by atoms with Crippen LogP contribution in [0.2, 0.25) is 0 Å². The molecule has 2 rings (SSSR count). The number of hydrogen-bond acceptors (Lipinski definition) is 3. The Morgan fingerprint density at radius 1 is 1.43 bits per heavy atom. The molecule has 2 amide bonds. The van der Waals surface area contributed by atoms with Crippen LogP contribution in [0.25, 0.3) is 0 Å². The number of nitriles is 1. The molecule has 0 atom stereocenters. The van der Waals surface area contributed by atoms with Crippen LogP contribution in [-0.2, 0) is 4.79 Å². The third kappa shape index (κ3) is 3.48. The Balaban J connectivity index is 2.02. The molecule has 1 aliphatic rings. The number of carboxylic acid groups (broad SMARTS) is 1. The van der Waals surface area contributed by atoms with Crippen molar-refractivity contribution in [2.45, 2.75) is 31.2 Å². The molecule has 110 valence electrons. The Bertz CT molecular complexity index is 620. The van der Waals surface area contributed by atoms with Crippen molar-refractivity contribution in [2.75, 3.05) is 5.32 Å². The van der Waals surface area contributed by atoms with Crippen LogP contribution in [0, 0.1) is 17.1 Å². The minimum absolute atomic E-state index is 0.132. The molecule has 7 heteroatoms.